The minimum Gasteiger partial charge on any atom is -0.268 e. The molecule has 4 nitrogen and oxygen atoms in total. The third-order valence-corrected chi connectivity index (χ3v) is 6.04. The van der Waals surface area contributed by atoms with Gasteiger partial charge in [-0.3, -0.25) is 9.36 Å². The molecule has 3 aromatic rings. The lowest BCUT2D eigenvalue weighted by Gasteiger charge is -2.18. The molecular weight excluding hydrogens is 342 g/mol. The summed E-state index contributed by atoms with van der Waals surface area (Å²) in [5, 5.41) is 1.37. The van der Waals surface area contributed by atoms with Crippen LogP contribution in [0.15, 0.2) is 40.3 Å². The van der Waals surface area contributed by atoms with Gasteiger partial charge in [-0.1, -0.05) is 36.9 Å². The van der Waals surface area contributed by atoms with Gasteiger partial charge >= 0.3 is 0 Å². The number of rotatable bonds is 4. The molecule has 0 fully saturated rings. The van der Waals surface area contributed by atoms with Gasteiger partial charge < -0.3 is 0 Å². The lowest BCUT2D eigenvalue weighted by molar-refractivity contribution is 0.669. The molecule has 0 radical (unpaired) electrons. The van der Waals surface area contributed by atoms with E-state index in [2.05, 4.69) is 6.92 Å². The van der Waals surface area contributed by atoms with Crippen LogP contribution in [-0.2, 0) is 12.8 Å². The van der Waals surface area contributed by atoms with Gasteiger partial charge in [-0.05, 0) is 62.3 Å². The molecular formula is C21H23N3OS. The van der Waals surface area contributed by atoms with Crippen LogP contribution in [0.25, 0.3) is 16.7 Å². The van der Waals surface area contributed by atoms with Crippen molar-refractivity contribution in [2.45, 2.75) is 51.1 Å². The third kappa shape index (κ3) is 3.05. The summed E-state index contributed by atoms with van der Waals surface area (Å²) < 4.78 is 1.77. The Hall–Kier alpha value is -2.14. The van der Waals surface area contributed by atoms with Gasteiger partial charge in [0.15, 0.2) is 10.8 Å². The Balaban J connectivity index is 2.00. The van der Waals surface area contributed by atoms with Crippen LogP contribution in [0.2, 0.25) is 0 Å². The molecule has 0 saturated carbocycles. The van der Waals surface area contributed by atoms with Crippen LogP contribution in [-0.4, -0.2) is 20.3 Å². The van der Waals surface area contributed by atoms with Crippen molar-refractivity contribution in [3.05, 3.63) is 57.5 Å². The number of pyridine rings is 1. The van der Waals surface area contributed by atoms with E-state index < -0.39 is 0 Å². The minimum absolute atomic E-state index is 0.0104. The summed E-state index contributed by atoms with van der Waals surface area (Å²) in [6.45, 7) is 4.17. The molecule has 0 atom stereocenters. The van der Waals surface area contributed by atoms with Gasteiger partial charge in [-0.15, -0.1) is 0 Å². The molecule has 0 N–H and O–H groups in total. The van der Waals surface area contributed by atoms with Gasteiger partial charge in [0.25, 0.3) is 5.56 Å². The van der Waals surface area contributed by atoms with Gasteiger partial charge in [-0.25, -0.2) is 9.97 Å². The Morgan fingerprint density at radius 2 is 1.96 bits per heavy atom. The van der Waals surface area contributed by atoms with Crippen LogP contribution in [0.4, 0.5) is 0 Å². The fraction of sp³-hybridized carbons (Fsp3) is 0.381. The summed E-state index contributed by atoms with van der Waals surface area (Å²) in [7, 11) is 0. The molecule has 1 aliphatic carbocycles. The number of aryl methyl sites for hydroxylation is 3. The SMILES string of the molecule is CCCSc1nc2nc3c(cc2c(=O)n1-c1ccccc1C)CCCC3. The number of thioether (sulfide) groups is 1. The molecule has 0 saturated heterocycles. The molecule has 0 spiro atoms. The molecule has 0 aliphatic heterocycles. The first-order valence-corrected chi connectivity index (χ1v) is 10.3. The summed E-state index contributed by atoms with van der Waals surface area (Å²) in [6, 6.07) is 10.0. The number of nitrogens with zero attached hydrogens (tertiary/aromatic N) is 3. The minimum atomic E-state index is -0.0104. The van der Waals surface area contributed by atoms with Gasteiger partial charge in [-0.2, -0.15) is 0 Å². The highest BCUT2D eigenvalue weighted by Crippen LogP contribution is 2.26. The second-order valence-electron chi connectivity index (χ2n) is 6.84. The van der Waals surface area contributed by atoms with Crippen molar-refractivity contribution in [2.75, 3.05) is 5.75 Å². The Morgan fingerprint density at radius 3 is 2.77 bits per heavy atom. The van der Waals surface area contributed by atoms with Crippen LogP contribution in [0, 0.1) is 6.92 Å². The van der Waals surface area contributed by atoms with E-state index in [4.69, 9.17) is 9.97 Å². The van der Waals surface area contributed by atoms with Crippen LogP contribution in [0.1, 0.15) is 43.0 Å². The second-order valence-corrected chi connectivity index (χ2v) is 7.90. The third-order valence-electron chi connectivity index (χ3n) is 4.90. The van der Waals surface area contributed by atoms with Crippen LogP contribution >= 0.6 is 11.8 Å². The van der Waals surface area contributed by atoms with E-state index in [0.717, 1.165) is 47.1 Å². The number of aromatic nitrogens is 3. The molecule has 4 rings (SSSR count). The smallest absolute Gasteiger partial charge is 0.268 e. The highest BCUT2D eigenvalue weighted by molar-refractivity contribution is 7.99. The molecule has 5 heteroatoms. The molecule has 134 valence electrons. The quantitative estimate of drug-likeness (QED) is 0.505. The van der Waals surface area contributed by atoms with Gasteiger partial charge in [0.05, 0.1) is 11.1 Å². The van der Waals surface area contributed by atoms with Crippen LogP contribution in [0.5, 0.6) is 0 Å². The summed E-state index contributed by atoms with van der Waals surface area (Å²) in [4.78, 5) is 23.0. The first-order valence-electron chi connectivity index (χ1n) is 9.33. The van der Waals surface area contributed by atoms with E-state index in [9.17, 15) is 4.79 Å². The van der Waals surface area contributed by atoms with Gasteiger partial charge in [0.2, 0.25) is 0 Å². The van der Waals surface area contributed by atoms with Crippen LogP contribution in [0.3, 0.4) is 0 Å². The molecule has 0 unspecified atom stereocenters. The van der Waals surface area contributed by atoms with Crippen molar-refractivity contribution in [1.82, 2.24) is 14.5 Å². The van der Waals surface area contributed by atoms with Crippen molar-refractivity contribution in [3.8, 4) is 5.69 Å². The Bertz CT molecular complexity index is 1030. The number of para-hydroxylation sites is 1. The maximum atomic E-state index is 13.4. The molecule has 0 amide bonds. The maximum absolute atomic E-state index is 13.4. The van der Waals surface area contributed by atoms with E-state index in [1.54, 1.807) is 16.3 Å². The summed E-state index contributed by atoms with van der Waals surface area (Å²) in [5.74, 6) is 0.925. The monoisotopic (exact) mass is 365 g/mol. The number of benzene rings is 1. The van der Waals surface area contributed by atoms with Crippen LogP contribution < -0.4 is 5.56 Å². The lowest BCUT2D eigenvalue weighted by Crippen LogP contribution is -2.24. The Kier molecular flexibility index (Phi) is 4.81. The summed E-state index contributed by atoms with van der Waals surface area (Å²) in [5.41, 5.74) is 4.90. The van der Waals surface area contributed by atoms with Gasteiger partial charge in [0, 0.05) is 11.4 Å². The largest absolute Gasteiger partial charge is 0.268 e. The number of hydrogen-bond donors (Lipinski definition) is 0. The lowest BCUT2D eigenvalue weighted by atomic mass is 9.95. The van der Waals surface area contributed by atoms with Crippen molar-refractivity contribution < 1.29 is 0 Å². The summed E-state index contributed by atoms with van der Waals surface area (Å²) in [6.07, 6.45) is 5.37. The molecule has 1 aromatic carbocycles. The zero-order valence-corrected chi connectivity index (χ0v) is 16.1. The highest BCUT2D eigenvalue weighted by atomic mass is 32.2. The predicted octanol–water partition coefficient (Wildman–Crippen LogP) is 4.47. The molecule has 2 heterocycles. The second kappa shape index (κ2) is 7.23. The Morgan fingerprint density at radius 1 is 1.15 bits per heavy atom. The van der Waals surface area contributed by atoms with E-state index in [1.165, 1.54) is 18.4 Å². The molecule has 26 heavy (non-hydrogen) atoms. The van der Waals surface area contributed by atoms with Gasteiger partial charge in [0.1, 0.15) is 0 Å². The van der Waals surface area contributed by atoms with Crippen molar-refractivity contribution in [1.29, 1.82) is 0 Å². The standard InChI is InChI=1S/C21H23N3OS/c1-3-12-26-21-23-19-16(13-15-9-5-6-10-17(15)22-19)20(25)24(21)18-11-7-4-8-14(18)2/h4,7-8,11,13H,3,5-6,9-10,12H2,1-2H3. The van der Waals surface area contributed by atoms with Crippen molar-refractivity contribution in [2.24, 2.45) is 0 Å². The highest BCUT2D eigenvalue weighted by Gasteiger charge is 2.19. The zero-order chi connectivity index (χ0) is 18.1. The molecule has 1 aliphatic rings. The van der Waals surface area contributed by atoms with E-state index in [-0.39, 0.29) is 5.56 Å². The number of hydrogen-bond acceptors (Lipinski definition) is 4. The summed E-state index contributed by atoms with van der Waals surface area (Å²) >= 11 is 1.63. The normalized spacial score (nSPS) is 13.8. The van der Waals surface area contributed by atoms with Crippen molar-refractivity contribution in [3.63, 3.8) is 0 Å². The fourth-order valence-electron chi connectivity index (χ4n) is 3.53. The average Bonchev–Trinajstić information content (AvgIpc) is 2.66. The average molecular weight is 366 g/mol. The van der Waals surface area contributed by atoms with E-state index in [1.807, 2.05) is 37.3 Å². The Labute approximate surface area is 157 Å². The molecule has 2 aromatic heterocycles. The number of fused-ring (bicyclic) bond motifs is 2. The topological polar surface area (TPSA) is 47.8 Å². The first kappa shape index (κ1) is 17.3. The fourth-order valence-corrected chi connectivity index (χ4v) is 4.38. The maximum Gasteiger partial charge on any atom is 0.268 e. The van der Waals surface area contributed by atoms with Crippen molar-refractivity contribution >= 4 is 22.8 Å². The predicted molar refractivity (Wildman–Crippen MR) is 108 cm³/mol. The first-order chi connectivity index (χ1) is 12.7. The molecule has 0 bridgehead atoms. The van der Waals surface area contributed by atoms with E-state index in [0.29, 0.717) is 11.0 Å². The van der Waals surface area contributed by atoms with E-state index >= 15 is 0 Å². The zero-order valence-electron chi connectivity index (χ0n) is 15.3.